The summed E-state index contributed by atoms with van der Waals surface area (Å²) in [6.45, 7) is 6.30. The Morgan fingerprint density at radius 2 is 2.05 bits per heavy atom. The summed E-state index contributed by atoms with van der Waals surface area (Å²) in [7, 11) is 0. The van der Waals surface area contributed by atoms with E-state index < -0.39 is 0 Å². The van der Waals surface area contributed by atoms with Crippen LogP contribution in [-0.2, 0) is 0 Å². The van der Waals surface area contributed by atoms with Crippen molar-refractivity contribution in [2.45, 2.75) is 32.2 Å². The molecule has 0 unspecified atom stereocenters. The molecule has 1 fully saturated rings. The third kappa shape index (κ3) is 3.81. The average Bonchev–Trinajstić information content (AvgIpc) is 2.97. The number of ether oxygens (including phenoxy) is 2. The number of fused-ring (bicyclic) bond motifs is 1. The molecule has 3 rings (SSSR count). The molecule has 0 atom stereocenters. The van der Waals surface area contributed by atoms with Crippen molar-refractivity contribution in [2.75, 3.05) is 31.7 Å². The molecule has 22 heavy (non-hydrogen) atoms. The number of piperidine rings is 1. The fourth-order valence-electron chi connectivity index (χ4n) is 3.10. The van der Waals surface area contributed by atoms with Crippen molar-refractivity contribution in [3.05, 3.63) is 18.2 Å². The predicted molar refractivity (Wildman–Crippen MR) is 90.8 cm³/mol. The van der Waals surface area contributed by atoms with E-state index in [2.05, 4.69) is 17.6 Å². The maximum absolute atomic E-state index is 5.42. The van der Waals surface area contributed by atoms with Crippen LogP contribution in [0.5, 0.6) is 11.5 Å². The predicted octanol–water partition coefficient (Wildman–Crippen LogP) is 1.16. The number of hydrogen-bond acceptors (Lipinski definition) is 3. The first-order valence-corrected chi connectivity index (χ1v) is 8.46. The van der Waals surface area contributed by atoms with Crippen molar-refractivity contribution in [1.29, 1.82) is 0 Å². The van der Waals surface area contributed by atoms with Gasteiger partial charge in [-0.3, -0.25) is 0 Å². The molecule has 2 heterocycles. The van der Waals surface area contributed by atoms with Gasteiger partial charge in [-0.2, -0.15) is 0 Å². The molecule has 6 heteroatoms. The standard InChI is InChI=1S/C16H23N3O2S/c1-2-7-19-8-5-12(6-9-19)17-16(22)18-13-3-4-14-15(10-13)21-11-20-14/h3-4,10,12H,2,5-9,11H2,1H3,(H2,17,18,22)/p+1. The van der Waals surface area contributed by atoms with Crippen LogP contribution in [0.15, 0.2) is 18.2 Å². The van der Waals surface area contributed by atoms with Crippen LogP contribution in [0.4, 0.5) is 5.69 Å². The van der Waals surface area contributed by atoms with Gasteiger partial charge >= 0.3 is 0 Å². The van der Waals surface area contributed by atoms with Crippen molar-refractivity contribution in [2.24, 2.45) is 0 Å². The molecule has 0 bridgehead atoms. The van der Waals surface area contributed by atoms with Crippen molar-refractivity contribution in [3.63, 3.8) is 0 Å². The minimum absolute atomic E-state index is 0.292. The Morgan fingerprint density at radius 3 is 2.82 bits per heavy atom. The third-order valence-corrected chi connectivity index (χ3v) is 4.48. The van der Waals surface area contributed by atoms with E-state index in [4.69, 9.17) is 21.7 Å². The van der Waals surface area contributed by atoms with Gasteiger partial charge in [0, 0.05) is 30.6 Å². The summed E-state index contributed by atoms with van der Waals surface area (Å²) >= 11 is 5.42. The van der Waals surface area contributed by atoms with Crippen molar-refractivity contribution in [3.8, 4) is 11.5 Å². The molecule has 2 aliphatic rings. The van der Waals surface area contributed by atoms with E-state index in [9.17, 15) is 0 Å². The number of likely N-dealkylation sites (tertiary alicyclic amines) is 1. The molecule has 120 valence electrons. The molecule has 0 aliphatic carbocycles. The van der Waals surface area contributed by atoms with E-state index >= 15 is 0 Å². The first-order valence-electron chi connectivity index (χ1n) is 8.05. The summed E-state index contributed by atoms with van der Waals surface area (Å²) in [5.74, 6) is 1.56. The van der Waals surface area contributed by atoms with E-state index in [1.165, 1.54) is 38.9 Å². The molecule has 0 spiro atoms. The highest BCUT2D eigenvalue weighted by molar-refractivity contribution is 7.80. The van der Waals surface area contributed by atoms with Gasteiger partial charge in [-0.1, -0.05) is 6.92 Å². The molecule has 0 amide bonds. The van der Waals surface area contributed by atoms with Crippen LogP contribution in [0.1, 0.15) is 26.2 Å². The van der Waals surface area contributed by atoms with Gasteiger partial charge < -0.3 is 25.0 Å². The highest BCUT2D eigenvalue weighted by atomic mass is 32.1. The zero-order chi connectivity index (χ0) is 15.4. The molecule has 1 aromatic rings. The van der Waals surface area contributed by atoms with E-state index in [1.807, 2.05) is 18.2 Å². The van der Waals surface area contributed by atoms with Gasteiger partial charge in [0.25, 0.3) is 0 Å². The molecule has 0 aromatic heterocycles. The van der Waals surface area contributed by atoms with Gasteiger partial charge in [0.1, 0.15) is 0 Å². The van der Waals surface area contributed by atoms with Crippen molar-refractivity contribution in [1.82, 2.24) is 5.32 Å². The Kier molecular flexibility index (Phi) is 5.00. The molecule has 0 radical (unpaired) electrons. The van der Waals surface area contributed by atoms with Crippen molar-refractivity contribution >= 4 is 23.0 Å². The number of thiocarbonyl (C=S) groups is 1. The normalized spacial score (nSPS) is 23.1. The minimum Gasteiger partial charge on any atom is -0.454 e. The highest BCUT2D eigenvalue weighted by Crippen LogP contribution is 2.34. The van der Waals surface area contributed by atoms with Crippen LogP contribution in [0, 0.1) is 0 Å². The third-order valence-electron chi connectivity index (χ3n) is 4.26. The first-order chi connectivity index (χ1) is 10.7. The smallest absolute Gasteiger partial charge is 0.231 e. The molecular weight excluding hydrogens is 298 g/mol. The zero-order valence-electron chi connectivity index (χ0n) is 13.0. The van der Waals surface area contributed by atoms with E-state index in [1.54, 1.807) is 4.90 Å². The van der Waals surface area contributed by atoms with Crippen LogP contribution >= 0.6 is 12.2 Å². The Balaban J connectivity index is 1.47. The lowest BCUT2D eigenvalue weighted by molar-refractivity contribution is -0.905. The van der Waals surface area contributed by atoms with E-state index in [-0.39, 0.29) is 0 Å². The van der Waals surface area contributed by atoms with Gasteiger partial charge in [-0.15, -0.1) is 0 Å². The number of benzene rings is 1. The average molecular weight is 322 g/mol. The highest BCUT2D eigenvalue weighted by Gasteiger charge is 2.22. The van der Waals surface area contributed by atoms with Crippen molar-refractivity contribution < 1.29 is 14.4 Å². The summed E-state index contributed by atoms with van der Waals surface area (Å²) in [5.41, 5.74) is 0.927. The quantitative estimate of drug-likeness (QED) is 0.726. The second kappa shape index (κ2) is 7.15. The Hall–Kier alpha value is -1.53. The lowest BCUT2D eigenvalue weighted by atomic mass is 10.1. The van der Waals surface area contributed by atoms with E-state index in [0.717, 1.165) is 17.2 Å². The summed E-state index contributed by atoms with van der Waals surface area (Å²) in [6, 6.07) is 6.26. The Morgan fingerprint density at radius 1 is 1.27 bits per heavy atom. The number of hydrogen-bond donors (Lipinski definition) is 3. The molecule has 0 saturated carbocycles. The van der Waals surface area contributed by atoms with Crippen LogP contribution in [0.3, 0.4) is 0 Å². The number of anilines is 1. The van der Waals surface area contributed by atoms with Gasteiger partial charge in [0.2, 0.25) is 6.79 Å². The van der Waals surface area contributed by atoms with Crippen LogP contribution in [0.2, 0.25) is 0 Å². The lowest BCUT2D eigenvalue weighted by Gasteiger charge is -2.30. The summed E-state index contributed by atoms with van der Waals surface area (Å²) in [6.07, 6.45) is 3.62. The Labute approximate surface area is 137 Å². The molecule has 5 nitrogen and oxygen atoms in total. The van der Waals surface area contributed by atoms with Crippen LogP contribution < -0.4 is 25.0 Å². The van der Waals surface area contributed by atoms with Gasteiger partial charge in [-0.05, 0) is 30.8 Å². The number of rotatable bonds is 4. The largest absolute Gasteiger partial charge is 0.454 e. The molecule has 1 saturated heterocycles. The molecule has 3 N–H and O–H groups in total. The lowest BCUT2D eigenvalue weighted by Crippen LogP contribution is -3.13. The SMILES string of the molecule is CCC[NH+]1CCC(NC(=S)Nc2ccc3c(c2)OCO3)CC1. The molecule has 1 aromatic carbocycles. The molecule has 2 aliphatic heterocycles. The Bertz CT molecular complexity index is 530. The fraction of sp³-hybridized carbons (Fsp3) is 0.562. The summed E-state index contributed by atoms with van der Waals surface area (Å²) in [4.78, 5) is 1.72. The fourth-order valence-corrected chi connectivity index (χ4v) is 3.39. The first kappa shape index (κ1) is 15.4. The van der Waals surface area contributed by atoms with Crippen LogP contribution in [-0.4, -0.2) is 37.6 Å². The second-order valence-corrected chi connectivity index (χ2v) is 6.35. The monoisotopic (exact) mass is 322 g/mol. The summed E-state index contributed by atoms with van der Waals surface area (Å²) in [5, 5.41) is 7.35. The van der Waals surface area contributed by atoms with Gasteiger partial charge in [0.05, 0.1) is 19.6 Å². The van der Waals surface area contributed by atoms with Gasteiger partial charge in [-0.25, -0.2) is 0 Å². The van der Waals surface area contributed by atoms with Crippen LogP contribution in [0.25, 0.3) is 0 Å². The number of quaternary nitrogens is 1. The molecular formula is C16H24N3O2S+. The topological polar surface area (TPSA) is 47.0 Å². The zero-order valence-corrected chi connectivity index (χ0v) is 13.8. The van der Waals surface area contributed by atoms with E-state index in [0.29, 0.717) is 17.9 Å². The van der Waals surface area contributed by atoms with Gasteiger partial charge in [0.15, 0.2) is 16.6 Å². The second-order valence-electron chi connectivity index (χ2n) is 5.94. The summed E-state index contributed by atoms with van der Waals surface area (Å²) < 4.78 is 10.7. The minimum atomic E-state index is 0.292. The number of nitrogens with one attached hydrogen (secondary N) is 3. The maximum atomic E-state index is 5.42. The maximum Gasteiger partial charge on any atom is 0.231 e.